The number of rotatable bonds is 2. The molecule has 76 valence electrons. The van der Waals surface area contributed by atoms with E-state index in [0.717, 1.165) is 26.3 Å². The second-order valence-corrected chi connectivity index (χ2v) is 5.00. The quantitative estimate of drug-likeness (QED) is 0.637. The van der Waals surface area contributed by atoms with Crippen molar-refractivity contribution in [2.75, 3.05) is 26.3 Å². The summed E-state index contributed by atoms with van der Waals surface area (Å²) in [5, 5.41) is 0. The highest BCUT2D eigenvalue weighted by molar-refractivity contribution is 4.90. The van der Waals surface area contributed by atoms with Crippen LogP contribution in [0.2, 0.25) is 0 Å². The predicted molar refractivity (Wildman–Crippen MR) is 50.8 cm³/mol. The highest BCUT2D eigenvalue weighted by atomic mass is 16.5. The molecule has 2 fully saturated rings. The molecule has 2 aliphatic rings. The van der Waals surface area contributed by atoms with Crippen LogP contribution in [-0.2, 0) is 9.47 Å². The first-order valence-corrected chi connectivity index (χ1v) is 5.04. The van der Waals surface area contributed by atoms with E-state index in [4.69, 9.17) is 9.47 Å². The number of nitrogens with zero attached hydrogens (tertiary/aromatic N) is 1. The van der Waals surface area contributed by atoms with E-state index in [-0.39, 0.29) is 5.60 Å². The lowest BCUT2D eigenvalue weighted by molar-refractivity contribution is -0.168. The van der Waals surface area contributed by atoms with Gasteiger partial charge in [0, 0.05) is 13.1 Å². The van der Waals surface area contributed by atoms with Gasteiger partial charge < -0.3 is 9.47 Å². The number of ether oxygens (including phenoxy) is 2. The molecule has 3 nitrogen and oxygen atoms in total. The van der Waals surface area contributed by atoms with Crippen molar-refractivity contribution in [2.24, 2.45) is 0 Å². The summed E-state index contributed by atoms with van der Waals surface area (Å²) in [7, 11) is 0. The maximum absolute atomic E-state index is 5.84. The molecule has 0 aromatic carbocycles. The van der Waals surface area contributed by atoms with Gasteiger partial charge in [-0.2, -0.15) is 0 Å². The van der Waals surface area contributed by atoms with Crippen LogP contribution < -0.4 is 0 Å². The molecule has 0 unspecified atom stereocenters. The Morgan fingerprint density at radius 1 is 1.23 bits per heavy atom. The summed E-state index contributed by atoms with van der Waals surface area (Å²) in [6.45, 7) is 10.4. The van der Waals surface area contributed by atoms with E-state index in [1.54, 1.807) is 0 Å². The van der Waals surface area contributed by atoms with E-state index < -0.39 is 0 Å². The SMILES string of the molecule is CC(C)(C)OC1CN(C2COC2)C1. The molecular formula is C10H19NO2. The lowest BCUT2D eigenvalue weighted by Crippen LogP contribution is -2.63. The minimum Gasteiger partial charge on any atom is -0.378 e. The normalized spacial score (nSPS) is 27.0. The van der Waals surface area contributed by atoms with Gasteiger partial charge in [-0.15, -0.1) is 0 Å². The zero-order chi connectivity index (χ0) is 9.47. The summed E-state index contributed by atoms with van der Waals surface area (Å²) in [6, 6.07) is 0.680. The molecule has 0 aliphatic carbocycles. The lowest BCUT2D eigenvalue weighted by Gasteiger charge is -2.48. The van der Waals surface area contributed by atoms with Crippen LogP contribution in [0.25, 0.3) is 0 Å². The summed E-state index contributed by atoms with van der Waals surface area (Å²) in [5.41, 5.74) is 0.00682. The summed E-state index contributed by atoms with van der Waals surface area (Å²) < 4.78 is 11.0. The molecule has 0 saturated carbocycles. The van der Waals surface area contributed by atoms with Gasteiger partial charge in [0.05, 0.1) is 31.0 Å². The molecular weight excluding hydrogens is 166 g/mol. The maximum Gasteiger partial charge on any atom is 0.0836 e. The van der Waals surface area contributed by atoms with Crippen molar-refractivity contribution in [1.29, 1.82) is 0 Å². The molecule has 2 saturated heterocycles. The molecule has 0 aromatic rings. The molecule has 2 heterocycles. The second-order valence-electron chi connectivity index (χ2n) is 5.00. The van der Waals surface area contributed by atoms with E-state index in [9.17, 15) is 0 Å². The third-order valence-electron chi connectivity index (χ3n) is 2.53. The van der Waals surface area contributed by atoms with Gasteiger partial charge in [-0.3, -0.25) is 4.90 Å². The van der Waals surface area contributed by atoms with Crippen LogP contribution in [0.3, 0.4) is 0 Å². The monoisotopic (exact) mass is 185 g/mol. The van der Waals surface area contributed by atoms with Crippen LogP contribution in [-0.4, -0.2) is 49.0 Å². The lowest BCUT2D eigenvalue weighted by atomic mass is 10.1. The van der Waals surface area contributed by atoms with Crippen LogP contribution in [0, 0.1) is 0 Å². The van der Waals surface area contributed by atoms with Crippen molar-refractivity contribution >= 4 is 0 Å². The summed E-state index contributed by atoms with van der Waals surface area (Å²) in [4.78, 5) is 2.44. The van der Waals surface area contributed by atoms with Gasteiger partial charge in [0.1, 0.15) is 0 Å². The Labute approximate surface area is 80.0 Å². The van der Waals surface area contributed by atoms with Gasteiger partial charge in [-0.05, 0) is 20.8 Å². The fourth-order valence-electron chi connectivity index (χ4n) is 1.78. The smallest absolute Gasteiger partial charge is 0.0836 e. The van der Waals surface area contributed by atoms with Gasteiger partial charge >= 0.3 is 0 Å². The first-order valence-electron chi connectivity index (χ1n) is 5.04. The molecule has 0 aromatic heterocycles. The van der Waals surface area contributed by atoms with Gasteiger partial charge in [0.15, 0.2) is 0 Å². The minimum atomic E-state index is 0.00682. The van der Waals surface area contributed by atoms with E-state index in [1.807, 2.05) is 0 Å². The van der Waals surface area contributed by atoms with Gasteiger partial charge in [-0.1, -0.05) is 0 Å². The van der Waals surface area contributed by atoms with Crippen molar-refractivity contribution in [2.45, 2.75) is 38.5 Å². The molecule has 2 aliphatic heterocycles. The van der Waals surface area contributed by atoms with Crippen LogP contribution in [0.5, 0.6) is 0 Å². The second kappa shape index (κ2) is 3.23. The Bertz CT molecular complexity index is 178. The van der Waals surface area contributed by atoms with Crippen molar-refractivity contribution in [3.05, 3.63) is 0 Å². The van der Waals surface area contributed by atoms with Crippen molar-refractivity contribution in [3.8, 4) is 0 Å². The third kappa shape index (κ3) is 2.22. The van der Waals surface area contributed by atoms with Crippen molar-refractivity contribution < 1.29 is 9.47 Å². The van der Waals surface area contributed by atoms with E-state index in [1.165, 1.54) is 0 Å². The van der Waals surface area contributed by atoms with Crippen molar-refractivity contribution in [3.63, 3.8) is 0 Å². The number of hydrogen-bond acceptors (Lipinski definition) is 3. The first-order chi connectivity index (χ1) is 6.04. The Morgan fingerprint density at radius 3 is 2.23 bits per heavy atom. The van der Waals surface area contributed by atoms with Gasteiger partial charge in [0.25, 0.3) is 0 Å². The molecule has 0 bridgehead atoms. The molecule has 0 N–H and O–H groups in total. The molecule has 0 amide bonds. The summed E-state index contributed by atoms with van der Waals surface area (Å²) >= 11 is 0. The van der Waals surface area contributed by atoms with E-state index in [0.29, 0.717) is 12.1 Å². The summed E-state index contributed by atoms with van der Waals surface area (Å²) in [5.74, 6) is 0. The third-order valence-corrected chi connectivity index (χ3v) is 2.53. The number of likely N-dealkylation sites (tertiary alicyclic amines) is 1. The maximum atomic E-state index is 5.84. The van der Waals surface area contributed by atoms with Gasteiger partial charge in [0.2, 0.25) is 0 Å². The predicted octanol–water partition coefficient (Wildman–Crippen LogP) is 0.884. The molecule has 0 spiro atoms. The Hall–Kier alpha value is -0.120. The highest BCUT2D eigenvalue weighted by Crippen LogP contribution is 2.23. The molecule has 2 rings (SSSR count). The molecule has 0 radical (unpaired) electrons. The highest BCUT2D eigenvalue weighted by Gasteiger charge is 2.37. The van der Waals surface area contributed by atoms with Crippen LogP contribution in [0.1, 0.15) is 20.8 Å². The molecule has 0 atom stereocenters. The largest absolute Gasteiger partial charge is 0.378 e. The van der Waals surface area contributed by atoms with Crippen LogP contribution in [0.15, 0.2) is 0 Å². The standard InChI is InChI=1S/C10H19NO2/c1-10(2,3)13-9-4-11(5-9)8-6-12-7-8/h8-9H,4-7H2,1-3H3. The fraction of sp³-hybridized carbons (Fsp3) is 1.00. The molecule has 13 heavy (non-hydrogen) atoms. The van der Waals surface area contributed by atoms with Crippen molar-refractivity contribution in [1.82, 2.24) is 4.90 Å². The summed E-state index contributed by atoms with van der Waals surface area (Å²) in [6.07, 6.45) is 0.445. The zero-order valence-electron chi connectivity index (χ0n) is 8.75. The zero-order valence-corrected chi connectivity index (χ0v) is 8.75. The Morgan fingerprint density at radius 2 is 1.85 bits per heavy atom. The average molecular weight is 185 g/mol. The van der Waals surface area contributed by atoms with Crippen LogP contribution >= 0.6 is 0 Å². The first kappa shape index (κ1) is 9.44. The number of hydrogen-bond donors (Lipinski definition) is 0. The fourth-order valence-corrected chi connectivity index (χ4v) is 1.78. The van der Waals surface area contributed by atoms with E-state index in [2.05, 4.69) is 25.7 Å². The van der Waals surface area contributed by atoms with Gasteiger partial charge in [-0.25, -0.2) is 0 Å². The minimum absolute atomic E-state index is 0.00682. The van der Waals surface area contributed by atoms with Crippen LogP contribution in [0.4, 0.5) is 0 Å². The van der Waals surface area contributed by atoms with E-state index >= 15 is 0 Å². The molecule has 3 heteroatoms. The average Bonchev–Trinajstić information content (AvgIpc) is 1.75. The Kier molecular flexibility index (Phi) is 2.34. The topological polar surface area (TPSA) is 21.7 Å². The Balaban J connectivity index is 1.66.